The van der Waals surface area contributed by atoms with Crippen molar-refractivity contribution in [3.63, 3.8) is 0 Å². The second-order valence-corrected chi connectivity index (χ2v) is 39.7. The first-order chi connectivity index (χ1) is 33.3. The third-order valence-electron chi connectivity index (χ3n) is 6.82. The molecule has 0 aliphatic heterocycles. The molecule has 0 aromatic heterocycles. The van der Waals surface area contributed by atoms with Gasteiger partial charge >= 0.3 is 17.7 Å². The third kappa shape index (κ3) is 49.1. The van der Waals surface area contributed by atoms with Crippen molar-refractivity contribution in [1.82, 2.24) is 0 Å². The van der Waals surface area contributed by atoms with E-state index in [1.165, 1.54) is 44.2 Å². The predicted octanol–water partition coefficient (Wildman–Crippen LogP) is 12.9. The molecule has 0 spiro atoms. The molecule has 0 heterocycles. The average Bonchev–Trinajstić information content (AvgIpc) is 3.18. The van der Waals surface area contributed by atoms with Gasteiger partial charge < -0.3 is 0 Å². The molecule has 0 radical (unpaired) electrons. The maximum Gasteiger partial charge on any atom is 0.511 e. The Kier molecular flexibility index (Phi) is 37.2. The number of halogens is 14. The second-order valence-electron chi connectivity index (χ2n) is 14.8. The summed E-state index contributed by atoms with van der Waals surface area (Å²) in [4.78, 5) is 0.289. The van der Waals surface area contributed by atoms with E-state index in [-0.39, 0.29) is 21.0 Å². The smallest absolute Gasteiger partial charge is 0.213 e. The Labute approximate surface area is 493 Å². The fourth-order valence-corrected chi connectivity index (χ4v) is 6.30. The van der Waals surface area contributed by atoms with E-state index in [0.717, 1.165) is 28.4 Å². The zero-order valence-corrected chi connectivity index (χ0v) is 54.3. The molecule has 0 N–H and O–H groups in total. The van der Waals surface area contributed by atoms with E-state index < -0.39 is 86.3 Å². The van der Waals surface area contributed by atoms with Gasteiger partial charge in [0.15, 0.2) is 0 Å². The molecule has 4 aromatic carbocycles. The summed E-state index contributed by atoms with van der Waals surface area (Å²) in [7, 11) is 8.09. The molecule has 0 aliphatic carbocycles. The summed E-state index contributed by atoms with van der Waals surface area (Å²) in [6, 6.07) is 30.9. The predicted molar refractivity (Wildman–Crippen MR) is 304 cm³/mol. The lowest BCUT2D eigenvalue weighted by atomic mass is 9.87. The normalized spacial score (nSPS) is 12.4. The molecule has 0 fully saturated rings. The number of hydrogen-bond donors (Lipinski definition) is 0. The van der Waals surface area contributed by atoms with Gasteiger partial charge in [0.25, 0.3) is 36.2 Å². The van der Waals surface area contributed by atoms with Gasteiger partial charge in [-0.25, -0.2) is 67.3 Å². The highest BCUT2D eigenvalue weighted by Crippen LogP contribution is 2.35. The summed E-state index contributed by atoms with van der Waals surface area (Å²) in [6.45, 7) is 11.1. The van der Waals surface area contributed by atoms with Gasteiger partial charge in [0.05, 0.1) is 27.0 Å². The lowest BCUT2D eigenvalue weighted by Gasteiger charge is -2.18. The highest BCUT2D eigenvalue weighted by molar-refractivity contribution is 8.18. The van der Waals surface area contributed by atoms with Crippen molar-refractivity contribution < 1.29 is 80.5 Å². The molecular weight excluding hydrogens is 1420 g/mol. The van der Waals surface area contributed by atoms with E-state index in [1.54, 1.807) is 60.7 Å². The summed E-state index contributed by atoms with van der Waals surface area (Å²) < 4.78 is 193. The molecule has 0 saturated carbocycles. The summed E-state index contributed by atoms with van der Waals surface area (Å²) in [5, 5.41) is 0.498. The van der Waals surface area contributed by atoms with Crippen LogP contribution in [-0.2, 0) is 83.6 Å². The van der Waals surface area contributed by atoms with Crippen molar-refractivity contribution in [2.45, 2.75) is 76.4 Å². The minimum Gasteiger partial charge on any atom is -0.213 e. The van der Waals surface area contributed by atoms with Crippen LogP contribution in [0.1, 0.15) is 56.9 Å². The van der Waals surface area contributed by atoms with Crippen molar-refractivity contribution in [2.75, 3.05) is 6.26 Å². The molecule has 0 saturated heterocycles. The van der Waals surface area contributed by atoms with Crippen LogP contribution in [-0.4, -0.2) is 87.5 Å². The van der Waals surface area contributed by atoms with Gasteiger partial charge in [-0.3, -0.25) is 0 Å². The Morgan fingerprint density at radius 1 is 0.513 bits per heavy atom. The fourth-order valence-electron chi connectivity index (χ4n) is 3.32. The third-order valence-corrected chi connectivity index (χ3v) is 18.4. The summed E-state index contributed by atoms with van der Waals surface area (Å²) in [6.07, 6.45) is 2.37. The standard InChI is InChI=1S/C10H13ClO2S.C8H7ClO2S.2C7H7ClO2S.C3H7ClO2S.CCl4O2S.CClF3O2S.CH3ClO2S/c1-10(2,3)8-4-6-9(7-5-8)14(11,12)13;9-12(10,11)7-6-8-4-2-1-3-5-8;1-6-2-4-7(5-3-6)11(8,9)10;8-11(9,10)6-7-4-2-1-3-5-7;1-3(2)7(4,5)6;2-1(3,4)8(5,6)7;2-8(6,7)1(3,4)5;1-5(2,3)4/h4-7H,1-3H3;1-7H;2-5H,1H3;1-5H,6H2;3H,1-2H3;;;1H3. The van der Waals surface area contributed by atoms with Crippen molar-refractivity contribution >= 4 is 199 Å². The van der Waals surface area contributed by atoms with Crippen LogP contribution in [0.4, 0.5) is 13.2 Å². The SMILES string of the molecule is CC(C)(C)c1ccc(S(=O)(=O)Cl)cc1.CC(C)S(=O)(=O)Cl.CS(=O)(=O)Cl.Cc1ccc(S(=O)(=O)Cl)cc1.O=S(=O)(Cl)C(Cl)(Cl)Cl.O=S(=O)(Cl)C(F)(F)F.O=S(=O)(Cl)C=Cc1ccccc1.O=S(=O)(Cl)Cc1ccccc1. The maximum atomic E-state index is 11.0. The number of hydrogen-bond acceptors (Lipinski definition) is 16. The molecule has 0 unspecified atom stereocenters. The second kappa shape index (κ2) is 34.6. The van der Waals surface area contributed by atoms with Gasteiger partial charge in [-0.1, -0.05) is 146 Å². The minimum atomic E-state index is -5.37. The molecular formula is C38H44Cl11F3O16S8. The molecule has 0 aliphatic rings. The summed E-state index contributed by atoms with van der Waals surface area (Å²) in [5.74, 6) is -0.102. The highest BCUT2D eigenvalue weighted by atomic mass is 35.7. The molecule has 0 atom stereocenters. The van der Waals surface area contributed by atoms with Gasteiger partial charge in [-0.15, -0.1) is 0 Å². The van der Waals surface area contributed by atoms with Gasteiger partial charge in [0, 0.05) is 90.9 Å². The molecule has 38 heteroatoms. The summed E-state index contributed by atoms with van der Waals surface area (Å²) >= 11 is 14.5. The van der Waals surface area contributed by atoms with Crippen molar-refractivity contribution in [1.29, 1.82) is 0 Å². The quantitative estimate of drug-likeness (QED) is 0.123. The van der Waals surface area contributed by atoms with E-state index in [9.17, 15) is 80.5 Å². The number of aryl methyl sites for hydroxylation is 1. The lowest BCUT2D eigenvalue weighted by Crippen LogP contribution is -2.16. The van der Waals surface area contributed by atoms with Gasteiger partial charge in [-0.2, -0.15) is 13.2 Å². The van der Waals surface area contributed by atoms with Gasteiger partial charge in [0.1, 0.15) is 0 Å². The highest BCUT2D eigenvalue weighted by Gasteiger charge is 2.44. The van der Waals surface area contributed by atoms with E-state index >= 15 is 0 Å². The monoisotopic (exact) mass is 1450 g/mol. The first-order valence-electron chi connectivity index (χ1n) is 18.9. The van der Waals surface area contributed by atoms with E-state index in [4.69, 9.17) is 88.2 Å². The molecule has 4 rings (SSSR count). The largest absolute Gasteiger partial charge is 0.511 e. The minimum absolute atomic E-state index is 0.0224. The Hall–Kier alpha value is -0.800. The van der Waals surface area contributed by atoms with Crippen LogP contribution < -0.4 is 0 Å². The Bertz CT molecular complexity index is 3300. The van der Waals surface area contributed by atoms with Crippen LogP contribution in [0.5, 0.6) is 0 Å². The van der Waals surface area contributed by atoms with Gasteiger partial charge in [-0.05, 0) is 73.2 Å². The molecule has 4 aromatic rings. The average molecular weight is 1460 g/mol. The lowest BCUT2D eigenvalue weighted by molar-refractivity contribution is -0.0413. The number of rotatable bonds is 7. The summed E-state index contributed by atoms with van der Waals surface area (Å²) in [5.41, 5.74) is -1.69. The Balaban J connectivity index is -0.000000396. The number of alkyl halides is 6. The van der Waals surface area contributed by atoms with E-state index in [2.05, 4.69) is 52.8 Å². The maximum absolute atomic E-state index is 11.0. The van der Waals surface area contributed by atoms with Crippen LogP contribution in [0.3, 0.4) is 0 Å². The van der Waals surface area contributed by atoms with Crippen molar-refractivity contribution in [3.8, 4) is 0 Å². The van der Waals surface area contributed by atoms with Gasteiger partial charge in [0.2, 0.25) is 27.2 Å². The van der Waals surface area contributed by atoms with Crippen LogP contribution in [0.2, 0.25) is 0 Å². The van der Waals surface area contributed by atoms with Crippen molar-refractivity contribution in [2.24, 2.45) is 0 Å². The molecule has 0 bridgehead atoms. The fraction of sp³-hybridized carbons (Fsp3) is 0.316. The molecule has 0 amide bonds. The molecule has 76 heavy (non-hydrogen) atoms. The van der Waals surface area contributed by atoms with Crippen molar-refractivity contribution in [3.05, 3.63) is 137 Å². The molecule has 438 valence electrons. The van der Waals surface area contributed by atoms with Crippen LogP contribution in [0.15, 0.2) is 124 Å². The van der Waals surface area contributed by atoms with Crippen LogP contribution >= 0.6 is 120 Å². The Morgan fingerprint density at radius 3 is 1.03 bits per heavy atom. The topological polar surface area (TPSA) is 273 Å². The number of benzene rings is 4. The van der Waals surface area contributed by atoms with E-state index in [0.29, 0.717) is 5.56 Å². The van der Waals surface area contributed by atoms with E-state index in [1.807, 2.05) is 31.2 Å². The molecule has 16 nitrogen and oxygen atoms in total. The zero-order valence-electron chi connectivity index (χ0n) is 39.4. The first kappa shape index (κ1) is 81.7. The van der Waals surface area contributed by atoms with Crippen LogP contribution in [0, 0.1) is 6.92 Å². The van der Waals surface area contributed by atoms with Crippen LogP contribution in [0.25, 0.3) is 6.08 Å². The first-order valence-corrected chi connectivity index (χ1v) is 39.2. The Morgan fingerprint density at radius 2 is 0.803 bits per heavy atom. The zero-order chi connectivity index (χ0) is 61.4.